The molecule has 0 fully saturated rings. The molecule has 1 aromatic rings. The van der Waals surface area contributed by atoms with Crippen molar-refractivity contribution in [1.29, 1.82) is 5.26 Å². The first-order chi connectivity index (χ1) is 9.08. The molecular formula is C13H9ClN2O3. The second-order valence-corrected chi connectivity index (χ2v) is 4.16. The van der Waals surface area contributed by atoms with Gasteiger partial charge in [0.15, 0.2) is 5.57 Å². The van der Waals surface area contributed by atoms with Crippen LogP contribution < -0.4 is 5.32 Å². The summed E-state index contributed by atoms with van der Waals surface area (Å²) in [6.07, 6.45) is 0. The fourth-order valence-electron chi connectivity index (χ4n) is 1.79. The first-order valence-corrected chi connectivity index (χ1v) is 5.89. The summed E-state index contributed by atoms with van der Waals surface area (Å²) in [7, 11) is 0. The fraction of sp³-hybridized carbons (Fsp3) is 0.154. The van der Waals surface area contributed by atoms with Crippen LogP contribution in [0.15, 0.2) is 23.8 Å². The van der Waals surface area contributed by atoms with Crippen LogP contribution in [0.25, 0.3) is 5.57 Å². The molecule has 0 radical (unpaired) electrons. The summed E-state index contributed by atoms with van der Waals surface area (Å²) in [5.41, 5.74) is 0.627. The zero-order valence-electron chi connectivity index (χ0n) is 9.99. The van der Waals surface area contributed by atoms with Crippen LogP contribution in [0.3, 0.4) is 0 Å². The fourth-order valence-corrected chi connectivity index (χ4v) is 1.97. The highest BCUT2D eigenvalue weighted by Gasteiger charge is 2.31. The molecule has 1 N–H and O–H groups in total. The molecule has 1 aromatic carbocycles. The van der Waals surface area contributed by atoms with Crippen molar-refractivity contribution in [3.8, 4) is 6.07 Å². The van der Waals surface area contributed by atoms with Gasteiger partial charge in [-0.25, -0.2) is 4.79 Å². The lowest BCUT2D eigenvalue weighted by Gasteiger charge is -2.03. The van der Waals surface area contributed by atoms with Crippen molar-refractivity contribution in [2.75, 3.05) is 11.9 Å². The number of fused-ring (bicyclic) bond motifs is 1. The lowest BCUT2D eigenvalue weighted by atomic mass is 10.0. The van der Waals surface area contributed by atoms with Gasteiger partial charge in [-0.15, -0.1) is 0 Å². The molecule has 1 aliphatic heterocycles. The molecule has 96 valence electrons. The summed E-state index contributed by atoms with van der Waals surface area (Å²) in [4.78, 5) is 23.6. The summed E-state index contributed by atoms with van der Waals surface area (Å²) in [5.74, 6) is -1.33. The molecule has 0 bridgehead atoms. The molecule has 5 nitrogen and oxygen atoms in total. The van der Waals surface area contributed by atoms with E-state index in [9.17, 15) is 9.59 Å². The maximum atomic E-state index is 11.9. The zero-order valence-corrected chi connectivity index (χ0v) is 10.7. The summed E-state index contributed by atoms with van der Waals surface area (Å²) in [5, 5.41) is 12.1. The van der Waals surface area contributed by atoms with Gasteiger partial charge in [0, 0.05) is 16.3 Å². The van der Waals surface area contributed by atoms with Gasteiger partial charge in [-0.3, -0.25) is 4.79 Å². The molecule has 19 heavy (non-hydrogen) atoms. The Hall–Kier alpha value is -2.32. The molecule has 0 saturated heterocycles. The van der Waals surface area contributed by atoms with E-state index in [0.29, 0.717) is 16.3 Å². The topological polar surface area (TPSA) is 79.2 Å². The van der Waals surface area contributed by atoms with Crippen molar-refractivity contribution in [2.24, 2.45) is 0 Å². The number of hydrogen-bond donors (Lipinski definition) is 1. The number of halogens is 1. The van der Waals surface area contributed by atoms with Crippen molar-refractivity contribution in [3.05, 3.63) is 34.4 Å². The highest BCUT2D eigenvalue weighted by Crippen LogP contribution is 2.35. The Morgan fingerprint density at radius 3 is 2.89 bits per heavy atom. The minimum Gasteiger partial charge on any atom is -0.462 e. The predicted molar refractivity (Wildman–Crippen MR) is 69.2 cm³/mol. The van der Waals surface area contributed by atoms with E-state index in [0.717, 1.165) is 0 Å². The Morgan fingerprint density at radius 1 is 1.53 bits per heavy atom. The summed E-state index contributed by atoms with van der Waals surface area (Å²) in [6, 6.07) is 6.47. The molecule has 0 aromatic heterocycles. The Kier molecular flexibility index (Phi) is 3.54. The quantitative estimate of drug-likeness (QED) is 0.510. The number of rotatable bonds is 2. The smallest absolute Gasteiger partial charge is 0.349 e. The van der Waals surface area contributed by atoms with E-state index in [4.69, 9.17) is 21.6 Å². The first kappa shape index (κ1) is 13.1. The third kappa shape index (κ3) is 2.30. The Bertz CT molecular complexity index is 644. The van der Waals surface area contributed by atoms with Gasteiger partial charge in [0.1, 0.15) is 6.07 Å². The van der Waals surface area contributed by atoms with Gasteiger partial charge in [0.25, 0.3) is 5.91 Å². The van der Waals surface area contributed by atoms with Crippen molar-refractivity contribution < 1.29 is 14.3 Å². The molecule has 6 heteroatoms. The molecule has 0 aliphatic carbocycles. The van der Waals surface area contributed by atoms with E-state index >= 15 is 0 Å². The maximum absolute atomic E-state index is 11.9. The number of hydrogen-bond acceptors (Lipinski definition) is 4. The first-order valence-electron chi connectivity index (χ1n) is 5.51. The minimum absolute atomic E-state index is 0.00144. The predicted octanol–water partition coefficient (Wildman–Crippen LogP) is 2.13. The number of nitrogens with one attached hydrogen (secondary N) is 1. The molecule has 0 saturated carbocycles. The van der Waals surface area contributed by atoms with Gasteiger partial charge in [-0.1, -0.05) is 11.6 Å². The number of ether oxygens (including phenoxy) is 1. The average Bonchev–Trinajstić information content (AvgIpc) is 2.68. The van der Waals surface area contributed by atoms with Crippen LogP contribution >= 0.6 is 11.6 Å². The van der Waals surface area contributed by atoms with Crippen LogP contribution in [-0.2, 0) is 14.3 Å². The Balaban J connectivity index is 2.62. The number of benzene rings is 1. The summed E-state index contributed by atoms with van der Waals surface area (Å²) >= 11 is 5.86. The van der Waals surface area contributed by atoms with Crippen LogP contribution in [0.5, 0.6) is 0 Å². The van der Waals surface area contributed by atoms with Crippen LogP contribution in [0.4, 0.5) is 5.69 Å². The van der Waals surface area contributed by atoms with Gasteiger partial charge in [-0.05, 0) is 25.1 Å². The van der Waals surface area contributed by atoms with Gasteiger partial charge in [0.2, 0.25) is 0 Å². The largest absolute Gasteiger partial charge is 0.462 e. The number of esters is 1. The van der Waals surface area contributed by atoms with E-state index in [-0.39, 0.29) is 17.8 Å². The maximum Gasteiger partial charge on any atom is 0.349 e. The summed E-state index contributed by atoms with van der Waals surface area (Å²) in [6.45, 7) is 1.75. The van der Waals surface area contributed by atoms with Crippen LogP contribution in [0.2, 0.25) is 5.02 Å². The molecule has 0 atom stereocenters. The molecule has 0 spiro atoms. The molecular weight excluding hydrogens is 268 g/mol. The van der Waals surface area contributed by atoms with Gasteiger partial charge in [-0.2, -0.15) is 5.26 Å². The van der Waals surface area contributed by atoms with Crippen molar-refractivity contribution >= 4 is 34.7 Å². The monoisotopic (exact) mass is 276 g/mol. The number of carbonyl (C=O) groups excluding carboxylic acids is 2. The molecule has 2 rings (SSSR count). The number of amides is 1. The molecule has 1 amide bonds. The van der Waals surface area contributed by atoms with Gasteiger partial charge >= 0.3 is 5.97 Å². The van der Waals surface area contributed by atoms with E-state index < -0.39 is 11.9 Å². The number of anilines is 1. The molecule has 1 aliphatic rings. The van der Waals surface area contributed by atoms with E-state index in [1.54, 1.807) is 25.1 Å². The third-order valence-electron chi connectivity index (χ3n) is 2.57. The van der Waals surface area contributed by atoms with E-state index in [2.05, 4.69) is 5.32 Å². The minimum atomic E-state index is -0.817. The van der Waals surface area contributed by atoms with Gasteiger partial charge < -0.3 is 10.1 Å². The van der Waals surface area contributed by atoms with Gasteiger partial charge in [0.05, 0.1) is 12.2 Å². The molecule has 0 unspecified atom stereocenters. The second-order valence-electron chi connectivity index (χ2n) is 3.73. The highest BCUT2D eigenvalue weighted by atomic mass is 35.5. The van der Waals surface area contributed by atoms with E-state index in [1.165, 1.54) is 6.07 Å². The Morgan fingerprint density at radius 2 is 2.26 bits per heavy atom. The average molecular weight is 277 g/mol. The number of nitrogens with zero attached hydrogens (tertiary/aromatic N) is 1. The zero-order chi connectivity index (χ0) is 14.0. The highest BCUT2D eigenvalue weighted by molar-refractivity contribution is 6.37. The standard InChI is InChI=1S/C13H9ClN2O3/c1-2-19-13(18)9(6-15)11-8-5-7(14)3-4-10(8)16-12(11)17/h3-5H,2H2,1H3,(H,16,17)/b11-9-. The van der Waals surface area contributed by atoms with Crippen molar-refractivity contribution in [2.45, 2.75) is 6.92 Å². The van der Waals surface area contributed by atoms with Crippen LogP contribution in [0.1, 0.15) is 12.5 Å². The normalized spacial score (nSPS) is 15.3. The number of carbonyl (C=O) groups is 2. The second kappa shape index (κ2) is 5.12. The number of nitriles is 1. The third-order valence-corrected chi connectivity index (χ3v) is 2.80. The van der Waals surface area contributed by atoms with Crippen LogP contribution in [-0.4, -0.2) is 18.5 Å². The van der Waals surface area contributed by atoms with Crippen LogP contribution in [0, 0.1) is 11.3 Å². The summed E-state index contributed by atoms with van der Waals surface area (Å²) < 4.78 is 4.77. The van der Waals surface area contributed by atoms with Crippen molar-refractivity contribution in [1.82, 2.24) is 0 Å². The molecule has 1 heterocycles. The Labute approximate surface area is 114 Å². The lowest BCUT2D eigenvalue weighted by Crippen LogP contribution is -2.13. The van der Waals surface area contributed by atoms with Crippen molar-refractivity contribution in [3.63, 3.8) is 0 Å². The SMILES string of the molecule is CCOC(=O)/C(C#N)=C1\C(=O)Nc2ccc(Cl)cc21. The van der Waals surface area contributed by atoms with E-state index in [1.807, 2.05) is 0 Å². The lowest BCUT2D eigenvalue weighted by molar-refractivity contribution is -0.138.